The normalized spacial score (nSPS) is 34.1. The molecule has 0 bridgehead atoms. The standard InChI is InChI=1S/C22H30O5/c1-3-16(25-15(2)23)10-7-5-4-6-8-11-17-18(14-20-22(17)27-20)19-12-9-13-21(24)26-19/h4-5,7-8,10-11,16-20,22H,3,6,9,12-14H2,1-2H3/b5-4-,10-7+,11-8+/t16-,17+,18-,19-,20-,22+/m0/s1. The van der Waals surface area contributed by atoms with Crippen LogP contribution in [0.15, 0.2) is 36.5 Å². The summed E-state index contributed by atoms with van der Waals surface area (Å²) in [5.74, 6) is 0.438. The maximum absolute atomic E-state index is 11.6. The van der Waals surface area contributed by atoms with Gasteiger partial charge in [0.25, 0.3) is 0 Å². The van der Waals surface area contributed by atoms with E-state index in [2.05, 4.69) is 18.2 Å². The van der Waals surface area contributed by atoms with E-state index in [-0.39, 0.29) is 24.1 Å². The molecule has 0 unspecified atom stereocenters. The van der Waals surface area contributed by atoms with E-state index in [1.54, 1.807) is 0 Å². The van der Waals surface area contributed by atoms with E-state index in [9.17, 15) is 9.59 Å². The molecule has 0 aromatic rings. The second-order valence-electron chi connectivity index (χ2n) is 7.57. The third-order valence-electron chi connectivity index (χ3n) is 5.55. The molecule has 1 saturated carbocycles. The van der Waals surface area contributed by atoms with Crippen LogP contribution in [0.3, 0.4) is 0 Å². The average Bonchev–Trinajstić information content (AvgIpc) is 3.32. The molecule has 0 radical (unpaired) electrons. The third kappa shape index (κ3) is 5.55. The number of esters is 2. The van der Waals surface area contributed by atoms with Gasteiger partial charge in [-0.2, -0.15) is 0 Å². The molecule has 5 heteroatoms. The van der Waals surface area contributed by atoms with Crippen molar-refractivity contribution in [2.75, 3.05) is 0 Å². The van der Waals surface area contributed by atoms with Crippen LogP contribution >= 0.6 is 0 Å². The number of cyclic esters (lactones) is 1. The molecular formula is C22H30O5. The minimum absolute atomic E-state index is 0.0515. The molecule has 27 heavy (non-hydrogen) atoms. The lowest BCUT2D eigenvalue weighted by atomic mass is 9.85. The molecule has 0 N–H and O–H groups in total. The Bertz CT molecular complexity index is 620. The predicted molar refractivity (Wildman–Crippen MR) is 102 cm³/mol. The summed E-state index contributed by atoms with van der Waals surface area (Å²) in [7, 11) is 0. The number of rotatable bonds is 8. The van der Waals surface area contributed by atoms with E-state index in [4.69, 9.17) is 14.2 Å². The number of fused-ring (bicyclic) bond motifs is 1. The van der Waals surface area contributed by atoms with Crippen LogP contribution in [0.5, 0.6) is 0 Å². The summed E-state index contributed by atoms with van der Waals surface area (Å²) in [6.07, 6.45) is 17.9. The van der Waals surface area contributed by atoms with Crippen molar-refractivity contribution in [3.05, 3.63) is 36.5 Å². The fourth-order valence-corrected chi connectivity index (χ4v) is 4.17. The summed E-state index contributed by atoms with van der Waals surface area (Å²) < 4.78 is 16.5. The predicted octanol–water partition coefficient (Wildman–Crippen LogP) is 3.89. The third-order valence-corrected chi connectivity index (χ3v) is 5.55. The molecule has 3 aliphatic rings. The van der Waals surface area contributed by atoms with Crippen LogP contribution in [-0.4, -0.2) is 36.4 Å². The van der Waals surface area contributed by atoms with Crippen LogP contribution < -0.4 is 0 Å². The minimum Gasteiger partial charge on any atom is -0.462 e. The van der Waals surface area contributed by atoms with Gasteiger partial charge in [0.1, 0.15) is 12.2 Å². The molecular weight excluding hydrogens is 344 g/mol. The highest BCUT2D eigenvalue weighted by Crippen LogP contribution is 2.50. The van der Waals surface area contributed by atoms with E-state index in [1.165, 1.54) is 6.92 Å². The smallest absolute Gasteiger partial charge is 0.306 e. The Morgan fingerprint density at radius 3 is 2.89 bits per heavy atom. The summed E-state index contributed by atoms with van der Waals surface area (Å²) in [4.78, 5) is 22.6. The zero-order chi connectivity index (χ0) is 19.2. The zero-order valence-electron chi connectivity index (χ0n) is 16.2. The van der Waals surface area contributed by atoms with Crippen molar-refractivity contribution in [2.45, 2.75) is 76.8 Å². The molecule has 0 aromatic carbocycles. The number of carbonyl (C=O) groups excluding carboxylic acids is 2. The maximum Gasteiger partial charge on any atom is 0.306 e. The lowest BCUT2D eigenvalue weighted by Crippen LogP contribution is -2.34. The van der Waals surface area contributed by atoms with Crippen LogP contribution in [0.2, 0.25) is 0 Å². The fourth-order valence-electron chi connectivity index (χ4n) is 4.17. The van der Waals surface area contributed by atoms with E-state index in [1.807, 2.05) is 25.2 Å². The van der Waals surface area contributed by atoms with Crippen molar-refractivity contribution < 1.29 is 23.8 Å². The second kappa shape index (κ2) is 9.36. The molecule has 2 aliphatic heterocycles. The SMILES string of the molecule is CC[C@@H](/C=C/C=C\C/C=C/[C@@H]1[C@@H]([C@@H]2CCCC(=O)O2)C[C@@H]2O[C@H]12)OC(C)=O. The van der Waals surface area contributed by atoms with Crippen LogP contribution in [0.4, 0.5) is 0 Å². The zero-order valence-corrected chi connectivity index (χ0v) is 16.2. The lowest BCUT2D eigenvalue weighted by Gasteiger charge is -2.31. The van der Waals surface area contributed by atoms with Crippen molar-refractivity contribution in [1.29, 1.82) is 0 Å². The molecule has 0 amide bonds. The number of ether oxygens (including phenoxy) is 3. The van der Waals surface area contributed by atoms with Crippen molar-refractivity contribution >= 4 is 11.9 Å². The number of carbonyl (C=O) groups is 2. The van der Waals surface area contributed by atoms with Crippen molar-refractivity contribution in [3.63, 3.8) is 0 Å². The van der Waals surface area contributed by atoms with E-state index >= 15 is 0 Å². The molecule has 6 atom stereocenters. The number of epoxide rings is 1. The quantitative estimate of drug-likeness (QED) is 0.279. The first kappa shape index (κ1) is 19.9. The monoisotopic (exact) mass is 374 g/mol. The highest BCUT2D eigenvalue weighted by Gasteiger charge is 2.57. The van der Waals surface area contributed by atoms with E-state index < -0.39 is 0 Å². The van der Waals surface area contributed by atoms with Gasteiger partial charge < -0.3 is 14.2 Å². The van der Waals surface area contributed by atoms with Gasteiger partial charge in [-0.1, -0.05) is 37.3 Å². The van der Waals surface area contributed by atoms with Gasteiger partial charge in [0.2, 0.25) is 0 Å². The van der Waals surface area contributed by atoms with Gasteiger partial charge in [-0.05, 0) is 38.2 Å². The fraction of sp³-hybridized carbons (Fsp3) is 0.636. The number of hydrogen-bond acceptors (Lipinski definition) is 5. The van der Waals surface area contributed by atoms with Crippen molar-refractivity contribution in [1.82, 2.24) is 0 Å². The summed E-state index contributed by atoms with van der Waals surface area (Å²) >= 11 is 0. The molecule has 1 aliphatic carbocycles. The Labute approximate surface area is 161 Å². The number of hydrogen-bond donors (Lipinski definition) is 0. The highest BCUT2D eigenvalue weighted by atomic mass is 16.6. The first-order valence-corrected chi connectivity index (χ1v) is 10.1. The first-order valence-electron chi connectivity index (χ1n) is 10.1. The summed E-state index contributed by atoms with van der Waals surface area (Å²) in [6.45, 7) is 3.41. The van der Waals surface area contributed by atoms with Crippen LogP contribution in [0.1, 0.15) is 52.4 Å². The van der Waals surface area contributed by atoms with Gasteiger partial charge in [-0.15, -0.1) is 0 Å². The average molecular weight is 374 g/mol. The Balaban J connectivity index is 1.45. The van der Waals surface area contributed by atoms with Gasteiger partial charge in [-0.3, -0.25) is 9.59 Å². The van der Waals surface area contributed by atoms with E-state index in [0.717, 1.165) is 32.1 Å². The minimum atomic E-state index is -0.256. The van der Waals surface area contributed by atoms with Crippen LogP contribution in [0, 0.1) is 11.8 Å². The van der Waals surface area contributed by atoms with Gasteiger partial charge >= 0.3 is 11.9 Å². The Kier molecular flexibility index (Phi) is 6.89. The molecule has 5 nitrogen and oxygen atoms in total. The van der Waals surface area contributed by atoms with Crippen molar-refractivity contribution in [2.24, 2.45) is 11.8 Å². The number of allylic oxidation sites excluding steroid dienone is 4. The van der Waals surface area contributed by atoms with Crippen molar-refractivity contribution in [3.8, 4) is 0 Å². The summed E-state index contributed by atoms with van der Waals surface area (Å²) in [6, 6.07) is 0. The molecule has 3 rings (SSSR count). The highest BCUT2D eigenvalue weighted by molar-refractivity contribution is 5.70. The van der Waals surface area contributed by atoms with Gasteiger partial charge in [0.05, 0.1) is 12.2 Å². The van der Waals surface area contributed by atoms with Crippen LogP contribution in [-0.2, 0) is 23.8 Å². The Hall–Kier alpha value is -1.88. The lowest BCUT2D eigenvalue weighted by molar-refractivity contribution is -0.158. The summed E-state index contributed by atoms with van der Waals surface area (Å²) in [5, 5.41) is 0. The largest absolute Gasteiger partial charge is 0.462 e. The van der Waals surface area contributed by atoms with Gasteiger partial charge in [-0.25, -0.2) is 0 Å². The Morgan fingerprint density at radius 1 is 1.30 bits per heavy atom. The molecule has 2 heterocycles. The van der Waals surface area contributed by atoms with Gasteiger partial charge in [0.15, 0.2) is 0 Å². The Morgan fingerprint density at radius 2 is 2.15 bits per heavy atom. The second-order valence-corrected chi connectivity index (χ2v) is 7.57. The first-order chi connectivity index (χ1) is 13.1. The maximum atomic E-state index is 11.6. The van der Waals surface area contributed by atoms with E-state index in [0.29, 0.717) is 30.5 Å². The topological polar surface area (TPSA) is 65.1 Å². The summed E-state index contributed by atoms with van der Waals surface area (Å²) in [5.41, 5.74) is 0. The molecule has 0 spiro atoms. The van der Waals surface area contributed by atoms with Gasteiger partial charge in [0, 0.05) is 25.2 Å². The molecule has 2 saturated heterocycles. The van der Waals surface area contributed by atoms with Crippen LogP contribution in [0.25, 0.3) is 0 Å². The molecule has 148 valence electrons. The molecule has 3 fully saturated rings. The molecule has 0 aromatic heterocycles.